The zero-order valence-electron chi connectivity index (χ0n) is 12.1. The molecule has 160 valence electrons. The van der Waals surface area contributed by atoms with Crippen molar-refractivity contribution in [2.24, 2.45) is 0 Å². The molecule has 20 nitrogen and oxygen atoms in total. The van der Waals surface area contributed by atoms with Gasteiger partial charge in [-0.1, -0.05) is 0 Å². The van der Waals surface area contributed by atoms with E-state index in [1.807, 2.05) is 0 Å². The van der Waals surface area contributed by atoms with E-state index >= 15 is 0 Å². The van der Waals surface area contributed by atoms with Crippen LogP contribution in [0.5, 0.6) is 0 Å². The molecule has 10 N–H and O–H groups in total. The van der Waals surface area contributed by atoms with Crippen molar-refractivity contribution in [3.8, 4) is 0 Å². The molecule has 0 aromatic heterocycles. The first-order valence-corrected chi connectivity index (χ1v) is 11.5. The van der Waals surface area contributed by atoms with Gasteiger partial charge < -0.3 is 73.4 Å². The van der Waals surface area contributed by atoms with Crippen molar-refractivity contribution in [3.63, 3.8) is 0 Å². The van der Waals surface area contributed by atoms with Crippen LogP contribution in [-0.4, -0.2) is 104 Å². The first kappa shape index (κ1) is 47.2. The van der Waals surface area contributed by atoms with Crippen LogP contribution in [0.25, 0.3) is 0 Å². The fourth-order valence-electron chi connectivity index (χ4n) is 0. The summed E-state index contributed by atoms with van der Waals surface area (Å²) in [7, 11) is -24.4. The summed E-state index contributed by atoms with van der Waals surface area (Å²) in [5.41, 5.74) is 0. The van der Waals surface area contributed by atoms with Crippen LogP contribution in [0.3, 0.4) is 0 Å². The van der Waals surface area contributed by atoms with Crippen molar-refractivity contribution < 1.29 is 96.2 Å². The minimum Gasteiger partial charge on any atom is -0.756 e. The van der Waals surface area contributed by atoms with Gasteiger partial charge >= 0.3 is 55.1 Å². The van der Waals surface area contributed by atoms with E-state index < -0.39 is 39.1 Å². The summed E-state index contributed by atoms with van der Waals surface area (Å²) in [6.07, 6.45) is 0. The molecule has 0 radical (unpaired) electrons. The molecule has 0 atom stereocenters. The molecule has 0 aliphatic rings. The third kappa shape index (κ3) is 3580. The van der Waals surface area contributed by atoms with Gasteiger partial charge in [-0.25, -0.2) is 0 Å². The van der Waals surface area contributed by atoms with E-state index in [9.17, 15) is 0 Å². The third-order valence-electron chi connectivity index (χ3n) is 0. The summed E-state index contributed by atoms with van der Waals surface area (Å²) in [4.78, 5) is 115. The van der Waals surface area contributed by atoms with Crippen LogP contribution in [0.1, 0.15) is 0 Å². The molecule has 0 aliphatic carbocycles. The minimum atomic E-state index is -4.89. The number of rotatable bonds is 0. The van der Waals surface area contributed by atoms with E-state index in [1.165, 1.54) is 0 Å². The predicted octanol–water partition coefficient (Wildman–Crippen LogP) is -8.56. The Morgan fingerprint density at radius 2 is 0.370 bits per heavy atom. The van der Waals surface area contributed by atoms with Gasteiger partial charge in [0.05, 0.1) is 0 Å². The van der Waals surface area contributed by atoms with Crippen molar-refractivity contribution in [1.29, 1.82) is 0 Å². The monoisotopic (exact) mass is 552 g/mol. The van der Waals surface area contributed by atoms with Gasteiger partial charge in [0.15, 0.2) is 0 Å². The Morgan fingerprint density at radius 1 is 0.370 bits per heavy atom. The molecule has 0 rings (SSSR count). The van der Waals surface area contributed by atoms with Gasteiger partial charge in [0.25, 0.3) is 39.1 Å². The molecule has 0 bridgehead atoms. The first-order chi connectivity index (χ1) is 10.0. The summed E-state index contributed by atoms with van der Waals surface area (Å²) < 4.78 is 43.9. The summed E-state index contributed by atoms with van der Waals surface area (Å²) in [5.74, 6) is 0. The molecule has 0 unspecified atom stereocenters. The smallest absolute Gasteiger partial charge is 0.756 e. The molecule has 0 amide bonds. The van der Waals surface area contributed by atoms with Crippen LogP contribution in [0, 0.1) is 0 Å². The fraction of sp³-hybridized carbons (Fsp3) is 0. The average molecular weight is 552 g/mol. The zero-order chi connectivity index (χ0) is 22.5. The van der Waals surface area contributed by atoms with Crippen molar-refractivity contribution >= 4 is 94.2 Å². The summed E-state index contributed by atoms with van der Waals surface area (Å²) in [5, 5.41) is 0. The maximum absolute atomic E-state index is 8.77. The average Bonchev–Trinajstić information content (AvgIpc) is 1.79. The zero-order valence-corrected chi connectivity index (χ0v) is 19.9. The summed E-state index contributed by atoms with van der Waals surface area (Å²) in [6, 6.07) is 0. The van der Waals surface area contributed by atoms with Crippen LogP contribution in [-0.2, 0) is 22.8 Å². The molecule has 0 fully saturated rings. The standard InChI is InChI=1S/Al.Ca.5H3O4P/c;;5*1-5(2,3)4/h;;5*(H3,1,2,3,4)/q+3;+2;;;;;/p-5. The number of hydrogen-bond acceptors (Lipinski definition) is 10. The van der Waals surface area contributed by atoms with Gasteiger partial charge in [0.1, 0.15) is 0 Å². The normalized spacial score (nSPS) is 10.9. The minimum absolute atomic E-state index is 0. The van der Waals surface area contributed by atoms with Gasteiger partial charge in [-0.3, -0.25) is 22.8 Å². The molecule has 0 saturated carbocycles. The third-order valence-corrected chi connectivity index (χ3v) is 0. The van der Waals surface area contributed by atoms with Gasteiger partial charge in [-0.15, -0.1) is 0 Å². The van der Waals surface area contributed by atoms with Crippen LogP contribution >= 0.6 is 39.1 Å². The molecule has 0 spiro atoms. The van der Waals surface area contributed by atoms with Crippen molar-refractivity contribution in [3.05, 3.63) is 0 Å². The van der Waals surface area contributed by atoms with E-state index in [0.29, 0.717) is 0 Å². The Bertz CT molecular complexity index is 377. The van der Waals surface area contributed by atoms with Crippen LogP contribution < -0.4 is 24.5 Å². The summed E-state index contributed by atoms with van der Waals surface area (Å²) >= 11 is 0. The SMILES string of the molecule is O=P([O-])(O)O.O=P([O-])(O)O.O=P([O-])(O)O.O=P([O-])(O)O.O=P([O-])(O)O.[Al+3].[Ca+2]. The molecule has 27 heteroatoms. The Hall–Kier alpha value is 2.34. The summed E-state index contributed by atoms with van der Waals surface area (Å²) in [6.45, 7) is 0. The molecular weight excluding hydrogens is 542 g/mol. The maximum Gasteiger partial charge on any atom is 3.00 e. The van der Waals surface area contributed by atoms with E-state index in [4.69, 9.17) is 96.2 Å². The van der Waals surface area contributed by atoms with Gasteiger partial charge in [-0.2, -0.15) is 0 Å². The first-order valence-electron chi connectivity index (χ1n) is 3.83. The predicted molar refractivity (Wildman–Crippen MR) is 71.7 cm³/mol. The Morgan fingerprint density at radius 3 is 0.370 bits per heavy atom. The van der Waals surface area contributed by atoms with E-state index in [1.54, 1.807) is 0 Å². The van der Waals surface area contributed by atoms with Gasteiger partial charge in [0, 0.05) is 0 Å². The maximum atomic E-state index is 8.77. The Kier molecular flexibility index (Phi) is 35.4. The van der Waals surface area contributed by atoms with Gasteiger partial charge in [-0.05, 0) is 0 Å². The van der Waals surface area contributed by atoms with E-state index in [0.717, 1.165) is 0 Å². The fourth-order valence-corrected chi connectivity index (χ4v) is 0. The van der Waals surface area contributed by atoms with Crippen LogP contribution in [0.2, 0.25) is 0 Å². The van der Waals surface area contributed by atoms with Gasteiger partial charge in [0.2, 0.25) is 0 Å². The van der Waals surface area contributed by atoms with E-state index in [2.05, 4.69) is 0 Å². The second-order valence-electron chi connectivity index (χ2n) is 2.45. The molecule has 0 aromatic rings. The largest absolute Gasteiger partial charge is 3.00 e. The topological polar surface area (TPSA) is 403 Å². The Labute approximate surface area is 189 Å². The molecule has 27 heavy (non-hydrogen) atoms. The number of hydrogen-bond donors (Lipinski definition) is 10. The van der Waals surface area contributed by atoms with Crippen molar-refractivity contribution in [2.45, 2.75) is 0 Å². The Balaban J connectivity index is -0.0000000364. The van der Waals surface area contributed by atoms with E-state index in [-0.39, 0.29) is 55.1 Å². The second-order valence-corrected chi connectivity index (χ2v) is 7.36. The van der Waals surface area contributed by atoms with Crippen molar-refractivity contribution in [1.82, 2.24) is 0 Å². The molecular formula is H10AlCaO20P5. The molecule has 0 aromatic carbocycles. The second kappa shape index (κ2) is 20.3. The van der Waals surface area contributed by atoms with Crippen molar-refractivity contribution in [2.75, 3.05) is 0 Å². The molecule has 0 heterocycles. The quantitative estimate of drug-likeness (QED) is 0.0984. The van der Waals surface area contributed by atoms with Crippen LogP contribution in [0.4, 0.5) is 0 Å². The molecule has 0 aliphatic heterocycles. The number of phosphoric acid groups is 5. The molecule has 0 saturated heterocycles. The van der Waals surface area contributed by atoms with Crippen LogP contribution in [0.15, 0.2) is 0 Å².